The highest BCUT2D eigenvalue weighted by molar-refractivity contribution is 9.11. The lowest BCUT2D eigenvalue weighted by atomic mass is 10.2. The van der Waals surface area contributed by atoms with Gasteiger partial charge in [0.1, 0.15) is 0 Å². The standard InChI is InChI=1S/C12H7BrN2O2S/c13-12-14-8(6-18-12)10-5-7(11(16)17)9-3-1-2-4-15(9)10/h1-6H,(H,16,17). The molecule has 0 bridgehead atoms. The number of halogens is 1. The van der Waals surface area contributed by atoms with Crippen molar-refractivity contribution in [3.8, 4) is 11.4 Å². The van der Waals surface area contributed by atoms with E-state index >= 15 is 0 Å². The Balaban J connectivity index is 2.33. The van der Waals surface area contributed by atoms with Crippen molar-refractivity contribution in [1.29, 1.82) is 0 Å². The predicted octanol–water partition coefficient (Wildman–Crippen LogP) is 3.52. The SMILES string of the molecule is O=C(O)c1cc(-c2csc(Br)n2)n2ccccc12. The molecule has 4 nitrogen and oxygen atoms in total. The van der Waals surface area contributed by atoms with Gasteiger partial charge in [0.2, 0.25) is 0 Å². The largest absolute Gasteiger partial charge is 0.478 e. The van der Waals surface area contributed by atoms with Crippen LogP contribution in [-0.2, 0) is 0 Å². The average Bonchev–Trinajstić information content (AvgIpc) is 2.92. The number of hydrogen-bond acceptors (Lipinski definition) is 3. The molecule has 0 unspecified atom stereocenters. The van der Waals surface area contributed by atoms with Gasteiger partial charge in [-0.15, -0.1) is 11.3 Å². The van der Waals surface area contributed by atoms with Gasteiger partial charge in [-0.2, -0.15) is 0 Å². The molecule has 3 rings (SSSR count). The van der Waals surface area contributed by atoms with Gasteiger partial charge in [-0.05, 0) is 34.1 Å². The maximum Gasteiger partial charge on any atom is 0.337 e. The minimum atomic E-state index is -0.931. The van der Waals surface area contributed by atoms with Crippen LogP contribution in [0.25, 0.3) is 16.9 Å². The molecule has 90 valence electrons. The van der Waals surface area contributed by atoms with E-state index < -0.39 is 5.97 Å². The van der Waals surface area contributed by atoms with Gasteiger partial charge >= 0.3 is 5.97 Å². The Labute approximate surface area is 115 Å². The first-order valence-corrected chi connectivity index (χ1v) is 6.79. The Kier molecular flexibility index (Phi) is 2.68. The first-order valence-electron chi connectivity index (χ1n) is 5.11. The molecule has 3 aromatic heterocycles. The van der Waals surface area contributed by atoms with Crippen molar-refractivity contribution in [2.24, 2.45) is 0 Å². The third-order valence-electron chi connectivity index (χ3n) is 2.65. The van der Waals surface area contributed by atoms with E-state index in [0.717, 1.165) is 15.3 Å². The maximum absolute atomic E-state index is 11.2. The van der Waals surface area contributed by atoms with Gasteiger partial charge in [0, 0.05) is 11.6 Å². The smallest absolute Gasteiger partial charge is 0.337 e. The normalized spacial score (nSPS) is 10.9. The summed E-state index contributed by atoms with van der Waals surface area (Å²) in [4.78, 5) is 15.5. The average molecular weight is 323 g/mol. The number of aromatic carboxylic acids is 1. The number of carbonyl (C=O) groups is 1. The highest BCUT2D eigenvalue weighted by Crippen LogP contribution is 2.29. The lowest BCUT2D eigenvalue weighted by Gasteiger charge is -1.98. The van der Waals surface area contributed by atoms with Gasteiger partial charge < -0.3 is 9.51 Å². The number of aromatic nitrogens is 2. The molecule has 0 aliphatic rings. The number of carboxylic acids is 1. The van der Waals surface area contributed by atoms with E-state index in [1.807, 2.05) is 28.1 Å². The summed E-state index contributed by atoms with van der Waals surface area (Å²) in [5.74, 6) is -0.931. The molecule has 6 heteroatoms. The molecule has 0 atom stereocenters. The molecule has 0 aliphatic carbocycles. The Morgan fingerprint density at radius 1 is 1.44 bits per heavy atom. The fourth-order valence-electron chi connectivity index (χ4n) is 1.89. The van der Waals surface area contributed by atoms with E-state index in [0.29, 0.717) is 5.52 Å². The van der Waals surface area contributed by atoms with Gasteiger partial charge in [-0.1, -0.05) is 6.07 Å². The lowest BCUT2D eigenvalue weighted by molar-refractivity contribution is 0.0699. The fourth-order valence-corrected chi connectivity index (χ4v) is 2.90. The minimum Gasteiger partial charge on any atom is -0.478 e. The molecule has 0 saturated carbocycles. The van der Waals surface area contributed by atoms with Crippen LogP contribution in [0.5, 0.6) is 0 Å². The second-order valence-electron chi connectivity index (χ2n) is 3.69. The van der Waals surface area contributed by atoms with Crippen LogP contribution in [0.1, 0.15) is 10.4 Å². The van der Waals surface area contributed by atoms with Crippen molar-refractivity contribution < 1.29 is 9.90 Å². The predicted molar refractivity (Wildman–Crippen MR) is 73.2 cm³/mol. The summed E-state index contributed by atoms with van der Waals surface area (Å²) >= 11 is 4.78. The van der Waals surface area contributed by atoms with E-state index in [1.54, 1.807) is 12.1 Å². The summed E-state index contributed by atoms with van der Waals surface area (Å²) in [6.07, 6.45) is 1.84. The van der Waals surface area contributed by atoms with Crippen LogP contribution < -0.4 is 0 Å². The Hall–Kier alpha value is -1.66. The third-order valence-corrected chi connectivity index (χ3v) is 4.01. The topological polar surface area (TPSA) is 54.6 Å². The van der Waals surface area contributed by atoms with Crippen LogP contribution in [-0.4, -0.2) is 20.5 Å². The Morgan fingerprint density at radius 3 is 2.94 bits per heavy atom. The molecule has 0 spiro atoms. The molecule has 3 aromatic rings. The van der Waals surface area contributed by atoms with Crippen LogP contribution in [0.15, 0.2) is 39.8 Å². The van der Waals surface area contributed by atoms with Crippen molar-refractivity contribution in [2.75, 3.05) is 0 Å². The molecule has 0 aromatic carbocycles. The second-order valence-corrected chi connectivity index (χ2v) is 5.82. The number of nitrogens with zero attached hydrogens (tertiary/aromatic N) is 2. The van der Waals surface area contributed by atoms with Gasteiger partial charge in [-0.25, -0.2) is 9.78 Å². The zero-order chi connectivity index (χ0) is 12.7. The van der Waals surface area contributed by atoms with E-state index in [-0.39, 0.29) is 5.56 Å². The quantitative estimate of drug-likeness (QED) is 0.785. The Bertz CT molecular complexity index is 747. The first-order chi connectivity index (χ1) is 8.66. The van der Waals surface area contributed by atoms with E-state index in [2.05, 4.69) is 20.9 Å². The summed E-state index contributed by atoms with van der Waals surface area (Å²) in [6.45, 7) is 0. The van der Waals surface area contributed by atoms with Gasteiger partial charge in [0.15, 0.2) is 3.92 Å². The zero-order valence-electron chi connectivity index (χ0n) is 9.00. The molecule has 0 saturated heterocycles. The van der Waals surface area contributed by atoms with Crippen LogP contribution in [0, 0.1) is 0 Å². The van der Waals surface area contributed by atoms with Crippen LogP contribution in [0.4, 0.5) is 0 Å². The Morgan fingerprint density at radius 2 is 2.28 bits per heavy atom. The summed E-state index contributed by atoms with van der Waals surface area (Å²) in [7, 11) is 0. The lowest BCUT2D eigenvalue weighted by Crippen LogP contribution is -1.94. The molecule has 0 radical (unpaired) electrons. The number of rotatable bonds is 2. The molecule has 1 N–H and O–H groups in total. The molecule has 0 amide bonds. The zero-order valence-corrected chi connectivity index (χ0v) is 11.4. The minimum absolute atomic E-state index is 0.287. The second kappa shape index (κ2) is 4.22. The number of fused-ring (bicyclic) bond motifs is 1. The molecule has 0 aliphatic heterocycles. The van der Waals surface area contributed by atoms with Crippen LogP contribution in [0.2, 0.25) is 0 Å². The number of pyridine rings is 1. The van der Waals surface area contributed by atoms with Crippen molar-refractivity contribution in [2.45, 2.75) is 0 Å². The van der Waals surface area contributed by atoms with E-state index in [9.17, 15) is 9.90 Å². The number of thiazole rings is 1. The van der Waals surface area contributed by atoms with E-state index in [4.69, 9.17) is 0 Å². The molecular formula is C12H7BrN2O2S. The van der Waals surface area contributed by atoms with Crippen molar-refractivity contribution in [3.63, 3.8) is 0 Å². The summed E-state index contributed by atoms with van der Waals surface area (Å²) in [5.41, 5.74) is 2.50. The molecule has 0 fully saturated rings. The van der Waals surface area contributed by atoms with Crippen molar-refractivity contribution in [1.82, 2.24) is 9.38 Å². The summed E-state index contributed by atoms with van der Waals surface area (Å²) in [6, 6.07) is 7.12. The van der Waals surface area contributed by atoms with Gasteiger partial charge in [0.25, 0.3) is 0 Å². The highest BCUT2D eigenvalue weighted by atomic mass is 79.9. The van der Waals surface area contributed by atoms with Gasteiger partial charge in [0.05, 0.1) is 22.5 Å². The van der Waals surface area contributed by atoms with Crippen molar-refractivity contribution >= 4 is 38.8 Å². The number of hydrogen-bond donors (Lipinski definition) is 1. The highest BCUT2D eigenvalue weighted by Gasteiger charge is 2.16. The number of carboxylic acid groups (broad SMARTS) is 1. The molecular weight excluding hydrogens is 316 g/mol. The molecule has 3 heterocycles. The van der Waals surface area contributed by atoms with Crippen molar-refractivity contribution in [3.05, 3.63) is 45.3 Å². The summed E-state index contributed by atoms with van der Waals surface area (Å²) in [5, 5.41) is 11.1. The molecule has 18 heavy (non-hydrogen) atoms. The van der Waals surface area contributed by atoms with Crippen LogP contribution >= 0.6 is 27.3 Å². The fraction of sp³-hybridized carbons (Fsp3) is 0. The summed E-state index contributed by atoms with van der Waals surface area (Å²) < 4.78 is 2.62. The first kappa shape index (κ1) is 11.4. The maximum atomic E-state index is 11.2. The van der Waals surface area contributed by atoms with Gasteiger partial charge in [-0.3, -0.25) is 0 Å². The monoisotopic (exact) mass is 322 g/mol. The van der Waals surface area contributed by atoms with Crippen LogP contribution in [0.3, 0.4) is 0 Å². The third kappa shape index (κ3) is 1.74. The van der Waals surface area contributed by atoms with E-state index in [1.165, 1.54) is 11.3 Å².